The van der Waals surface area contributed by atoms with Crippen molar-refractivity contribution < 1.29 is 9.53 Å². The third-order valence-electron chi connectivity index (χ3n) is 4.53. The number of aryl methyl sites for hydroxylation is 1. The number of rotatable bonds is 5. The number of thiocarbonyl (C=S) groups is 1. The largest absolute Gasteiger partial charge is 0.438 e. The maximum Gasteiger partial charge on any atom is 0.269 e. The van der Waals surface area contributed by atoms with Crippen molar-refractivity contribution in [3.05, 3.63) is 75.0 Å². The highest BCUT2D eigenvalue weighted by Gasteiger charge is 2.32. The first-order valence-electron chi connectivity index (χ1n) is 9.49. The monoisotopic (exact) mass is 437 g/mol. The molecular formula is C22H19N3O3S2. The first-order chi connectivity index (χ1) is 14.5. The molecule has 30 heavy (non-hydrogen) atoms. The maximum atomic E-state index is 13.2. The minimum atomic E-state index is -0.316. The van der Waals surface area contributed by atoms with Gasteiger partial charge in [-0.2, -0.15) is 4.98 Å². The van der Waals surface area contributed by atoms with E-state index in [0.29, 0.717) is 27.2 Å². The predicted octanol–water partition coefficient (Wildman–Crippen LogP) is 4.41. The molecule has 0 N–H and O–H groups in total. The van der Waals surface area contributed by atoms with E-state index in [0.717, 1.165) is 12.0 Å². The molecule has 3 heterocycles. The number of ether oxygens (including phenoxy) is 1. The van der Waals surface area contributed by atoms with Crippen LogP contribution in [0.1, 0.15) is 24.5 Å². The number of fused-ring (bicyclic) bond motifs is 1. The molecule has 1 amide bonds. The fraction of sp³-hybridized carbons (Fsp3) is 0.182. The molecule has 4 rings (SSSR count). The molecule has 0 radical (unpaired) electrons. The van der Waals surface area contributed by atoms with Crippen LogP contribution >= 0.6 is 24.0 Å². The van der Waals surface area contributed by atoms with Crippen LogP contribution in [0.4, 0.5) is 0 Å². The fourth-order valence-corrected chi connectivity index (χ4v) is 4.41. The van der Waals surface area contributed by atoms with E-state index in [-0.39, 0.29) is 22.9 Å². The number of aromatic nitrogens is 2. The van der Waals surface area contributed by atoms with Gasteiger partial charge >= 0.3 is 0 Å². The Balaban J connectivity index is 1.85. The summed E-state index contributed by atoms with van der Waals surface area (Å²) >= 11 is 6.52. The standard InChI is InChI=1S/C22H19N3O3S2/c1-3-10-25-21(27)17(30-22(25)29)13-16-19(28-15-8-6-7-14(2)12-15)23-18-9-4-5-11-24(18)20(16)26/h4-9,11-13H,3,10H2,1-2H3/b17-13+. The molecule has 2 aromatic heterocycles. The lowest BCUT2D eigenvalue weighted by molar-refractivity contribution is -0.122. The number of benzene rings is 1. The first-order valence-corrected chi connectivity index (χ1v) is 10.7. The third kappa shape index (κ3) is 3.88. The van der Waals surface area contributed by atoms with Crippen molar-refractivity contribution >= 4 is 45.9 Å². The van der Waals surface area contributed by atoms with Gasteiger partial charge in [0.1, 0.15) is 21.3 Å². The van der Waals surface area contributed by atoms with E-state index in [2.05, 4.69) is 4.98 Å². The third-order valence-corrected chi connectivity index (χ3v) is 5.91. The second-order valence-corrected chi connectivity index (χ2v) is 8.49. The second-order valence-electron chi connectivity index (χ2n) is 6.82. The van der Waals surface area contributed by atoms with E-state index in [1.54, 1.807) is 35.4 Å². The molecule has 0 atom stereocenters. The Morgan fingerprint density at radius 3 is 2.80 bits per heavy atom. The molecular weight excluding hydrogens is 418 g/mol. The number of pyridine rings is 1. The van der Waals surface area contributed by atoms with Crippen LogP contribution in [0, 0.1) is 6.92 Å². The highest BCUT2D eigenvalue weighted by molar-refractivity contribution is 8.26. The maximum absolute atomic E-state index is 13.2. The van der Waals surface area contributed by atoms with Crippen LogP contribution in [0.15, 0.2) is 58.4 Å². The summed E-state index contributed by atoms with van der Waals surface area (Å²) in [5, 5.41) is 0. The van der Waals surface area contributed by atoms with E-state index >= 15 is 0 Å². The van der Waals surface area contributed by atoms with Gasteiger partial charge in [0.05, 0.1) is 4.91 Å². The molecule has 1 aliphatic rings. The average Bonchev–Trinajstić information content (AvgIpc) is 2.99. The van der Waals surface area contributed by atoms with E-state index in [4.69, 9.17) is 17.0 Å². The minimum Gasteiger partial charge on any atom is -0.438 e. The van der Waals surface area contributed by atoms with Gasteiger partial charge in [0.15, 0.2) is 0 Å². The van der Waals surface area contributed by atoms with Crippen molar-refractivity contribution in [3.8, 4) is 11.6 Å². The molecule has 3 aromatic rings. The van der Waals surface area contributed by atoms with Gasteiger partial charge in [0, 0.05) is 12.7 Å². The van der Waals surface area contributed by atoms with Crippen LogP contribution < -0.4 is 10.3 Å². The molecule has 1 aromatic carbocycles. The molecule has 6 nitrogen and oxygen atoms in total. The molecule has 0 spiro atoms. The number of hydrogen-bond donors (Lipinski definition) is 0. The quantitative estimate of drug-likeness (QED) is 0.435. The second kappa shape index (κ2) is 8.41. The summed E-state index contributed by atoms with van der Waals surface area (Å²) in [6, 6.07) is 12.8. The van der Waals surface area contributed by atoms with Gasteiger partial charge in [-0.3, -0.25) is 18.9 Å². The van der Waals surface area contributed by atoms with Gasteiger partial charge in [-0.15, -0.1) is 0 Å². The van der Waals surface area contributed by atoms with Gasteiger partial charge < -0.3 is 4.74 Å². The lowest BCUT2D eigenvalue weighted by atomic mass is 10.2. The molecule has 1 saturated heterocycles. The molecule has 8 heteroatoms. The zero-order valence-electron chi connectivity index (χ0n) is 16.5. The number of nitrogens with zero attached hydrogens (tertiary/aromatic N) is 3. The predicted molar refractivity (Wildman–Crippen MR) is 123 cm³/mol. The van der Waals surface area contributed by atoms with E-state index < -0.39 is 0 Å². The summed E-state index contributed by atoms with van der Waals surface area (Å²) in [6.07, 6.45) is 3.97. The van der Waals surface area contributed by atoms with Crippen LogP contribution in [0.3, 0.4) is 0 Å². The lowest BCUT2D eigenvalue weighted by Gasteiger charge is -2.12. The SMILES string of the molecule is CCCN1C(=O)/C(=C\c2c(Oc3cccc(C)c3)nc3ccccn3c2=O)SC1=S. The van der Waals surface area contributed by atoms with Crippen molar-refractivity contribution in [3.63, 3.8) is 0 Å². The zero-order chi connectivity index (χ0) is 21.3. The highest BCUT2D eigenvalue weighted by Crippen LogP contribution is 2.34. The number of carbonyl (C=O) groups is 1. The van der Waals surface area contributed by atoms with Crippen LogP contribution in [-0.4, -0.2) is 31.1 Å². The number of thioether (sulfide) groups is 1. The zero-order valence-corrected chi connectivity index (χ0v) is 18.1. The summed E-state index contributed by atoms with van der Waals surface area (Å²) < 4.78 is 7.91. The molecule has 0 saturated carbocycles. The van der Waals surface area contributed by atoms with Crippen molar-refractivity contribution in [1.82, 2.24) is 14.3 Å². The van der Waals surface area contributed by atoms with Gasteiger partial charge in [-0.25, -0.2) is 0 Å². The van der Waals surface area contributed by atoms with Crippen molar-refractivity contribution in [2.24, 2.45) is 0 Å². The van der Waals surface area contributed by atoms with Crippen molar-refractivity contribution in [2.75, 3.05) is 6.54 Å². The summed E-state index contributed by atoms with van der Waals surface area (Å²) in [7, 11) is 0. The summed E-state index contributed by atoms with van der Waals surface area (Å²) in [6.45, 7) is 4.48. The summed E-state index contributed by atoms with van der Waals surface area (Å²) in [5.41, 5.74) is 1.37. The van der Waals surface area contributed by atoms with Gasteiger partial charge in [0.2, 0.25) is 5.88 Å². The van der Waals surface area contributed by atoms with Crippen LogP contribution in [0.2, 0.25) is 0 Å². The van der Waals surface area contributed by atoms with Gasteiger partial charge in [-0.05, 0) is 49.2 Å². The van der Waals surface area contributed by atoms with Gasteiger partial charge in [0.25, 0.3) is 11.5 Å². The van der Waals surface area contributed by atoms with E-state index in [9.17, 15) is 9.59 Å². The molecule has 1 fully saturated rings. The van der Waals surface area contributed by atoms with E-state index in [1.165, 1.54) is 22.2 Å². The molecule has 0 unspecified atom stereocenters. The molecule has 0 bridgehead atoms. The normalized spacial score (nSPS) is 15.4. The first kappa shape index (κ1) is 20.3. The summed E-state index contributed by atoms with van der Waals surface area (Å²) in [5.74, 6) is 0.513. The van der Waals surface area contributed by atoms with E-state index in [1.807, 2.05) is 32.0 Å². The van der Waals surface area contributed by atoms with Gasteiger partial charge in [-0.1, -0.05) is 49.1 Å². The molecule has 0 aliphatic carbocycles. The average molecular weight is 438 g/mol. The highest BCUT2D eigenvalue weighted by atomic mass is 32.2. The van der Waals surface area contributed by atoms with Crippen LogP contribution in [0.5, 0.6) is 11.6 Å². The fourth-order valence-electron chi connectivity index (χ4n) is 3.12. The Bertz CT molecular complexity index is 1250. The number of amides is 1. The topological polar surface area (TPSA) is 63.9 Å². The van der Waals surface area contributed by atoms with Crippen LogP contribution in [0.25, 0.3) is 11.7 Å². The Labute approximate surface area is 183 Å². The lowest BCUT2D eigenvalue weighted by Crippen LogP contribution is -2.28. The Kier molecular flexibility index (Phi) is 5.69. The minimum absolute atomic E-state index is 0.151. The Morgan fingerprint density at radius 1 is 1.20 bits per heavy atom. The number of hydrogen-bond acceptors (Lipinski definition) is 6. The van der Waals surface area contributed by atoms with Crippen LogP contribution in [-0.2, 0) is 4.79 Å². The smallest absolute Gasteiger partial charge is 0.269 e. The Morgan fingerprint density at radius 2 is 2.03 bits per heavy atom. The molecule has 1 aliphatic heterocycles. The van der Waals surface area contributed by atoms with Crippen molar-refractivity contribution in [1.29, 1.82) is 0 Å². The molecule has 152 valence electrons. The van der Waals surface area contributed by atoms with Crippen molar-refractivity contribution in [2.45, 2.75) is 20.3 Å². The summed E-state index contributed by atoms with van der Waals surface area (Å²) in [4.78, 5) is 32.5. The number of carbonyl (C=O) groups excluding carboxylic acids is 1. The Hall–Kier alpha value is -2.97.